The molecule has 1 aromatic carbocycles. The van der Waals surface area contributed by atoms with Crippen LogP contribution >= 0.6 is 0 Å². The molecule has 0 aliphatic carbocycles. The number of nitrogens with zero attached hydrogens (tertiary/aromatic N) is 5. The maximum atomic E-state index is 12.9. The van der Waals surface area contributed by atoms with Gasteiger partial charge in [-0.05, 0) is 31.2 Å². The standard InChI is InChI=1S/C20H18N6O4S/c1-13-16(10-21-26(13)20-22-18(27)17-8-5-9-25(17)23-20)19(28)24-11-15(12-24)31(29,30)14-6-3-2-4-7-14/h2-10,15H,11-12H2,1H3,(H,22,23,27). The number of carbonyl (C=O) groups is 1. The average Bonchev–Trinajstić information content (AvgIpc) is 3.34. The number of hydrogen-bond acceptors (Lipinski definition) is 6. The van der Waals surface area contributed by atoms with E-state index < -0.39 is 15.1 Å². The molecular formula is C20H18N6O4S. The molecule has 1 amide bonds. The molecule has 3 aromatic heterocycles. The minimum absolute atomic E-state index is 0.116. The van der Waals surface area contributed by atoms with Crippen molar-refractivity contribution < 1.29 is 13.2 Å². The molecular weight excluding hydrogens is 420 g/mol. The zero-order chi connectivity index (χ0) is 21.8. The van der Waals surface area contributed by atoms with Crippen molar-refractivity contribution in [2.75, 3.05) is 13.1 Å². The molecule has 1 N–H and O–H groups in total. The van der Waals surface area contributed by atoms with E-state index in [1.807, 2.05) is 0 Å². The van der Waals surface area contributed by atoms with Gasteiger partial charge in [0.1, 0.15) is 10.8 Å². The van der Waals surface area contributed by atoms with E-state index in [4.69, 9.17) is 0 Å². The van der Waals surface area contributed by atoms with E-state index in [0.29, 0.717) is 16.8 Å². The predicted octanol–water partition coefficient (Wildman–Crippen LogP) is 0.815. The number of likely N-dealkylation sites (tertiary alicyclic amines) is 1. The van der Waals surface area contributed by atoms with Crippen LogP contribution in [-0.2, 0) is 9.84 Å². The van der Waals surface area contributed by atoms with Gasteiger partial charge in [-0.25, -0.2) is 17.6 Å². The number of benzene rings is 1. The van der Waals surface area contributed by atoms with Gasteiger partial charge in [0.25, 0.3) is 11.5 Å². The molecule has 0 saturated carbocycles. The number of carbonyl (C=O) groups excluding carboxylic acids is 1. The summed E-state index contributed by atoms with van der Waals surface area (Å²) in [7, 11) is -3.49. The van der Waals surface area contributed by atoms with Crippen LogP contribution < -0.4 is 5.56 Å². The van der Waals surface area contributed by atoms with Crippen LogP contribution in [0.15, 0.2) is 64.5 Å². The number of hydrogen-bond donors (Lipinski definition) is 1. The van der Waals surface area contributed by atoms with Crippen LogP contribution in [0.5, 0.6) is 0 Å². The van der Waals surface area contributed by atoms with Gasteiger partial charge in [0.2, 0.25) is 5.95 Å². The molecule has 1 aliphatic rings. The monoisotopic (exact) mass is 438 g/mol. The lowest BCUT2D eigenvalue weighted by molar-refractivity contribution is 0.0658. The molecule has 4 heterocycles. The Morgan fingerprint density at radius 2 is 1.87 bits per heavy atom. The van der Waals surface area contributed by atoms with Gasteiger partial charge in [0, 0.05) is 19.3 Å². The lowest BCUT2D eigenvalue weighted by Crippen LogP contribution is -2.56. The summed E-state index contributed by atoms with van der Waals surface area (Å²) in [5, 5.41) is 7.88. The lowest BCUT2D eigenvalue weighted by Gasteiger charge is -2.38. The van der Waals surface area contributed by atoms with Gasteiger partial charge < -0.3 is 4.90 Å². The van der Waals surface area contributed by atoms with Crippen molar-refractivity contribution in [3.05, 3.63) is 76.5 Å². The van der Waals surface area contributed by atoms with Crippen molar-refractivity contribution in [1.82, 2.24) is 29.3 Å². The van der Waals surface area contributed by atoms with Crippen LogP contribution in [0, 0.1) is 6.92 Å². The zero-order valence-electron chi connectivity index (χ0n) is 16.5. The van der Waals surface area contributed by atoms with Crippen LogP contribution in [0.3, 0.4) is 0 Å². The molecule has 1 aliphatic heterocycles. The number of rotatable bonds is 4. The molecule has 1 saturated heterocycles. The molecule has 158 valence electrons. The van der Waals surface area contributed by atoms with E-state index in [-0.39, 0.29) is 35.4 Å². The normalized spacial score (nSPS) is 14.7. The van der Waals surface area contributed by atoms with E-state index in [9.17, 15) is 18.0 Å². The molecule has 5 rings (SSSR count). The van der Waals surface area contributed by atoms with Crippen molar-refractivity contribution in [2.24, 2.45) is 0 Å². The van der Waals surface area contributed by atoms with Gasteiger partial charge in [-0.3, -0.25) is 14.6 Å². The number of sulfone groups is 1. The molecule has 10 nitrogen and oxygen atoms in total. The first-order chi connectivity index (χ1) is 14.9. The molecule has 0 bridgehead atoms. The van der Waals surface area contributed by atoms with E-state index in [1.54, 1.807) is 55.6 Å². The summed E-state index contributed by atoms with van der Waals surface area (Å²) in [4.78, 5) is 29.5. The number of amides is 1. The number of aromatic amines is 1. The summed E-state index contributed by atoms with van der Waals surface area (Å²) < 4.78 is 28.2. The molecule has 0 atom stereocenters. The second-order valence-electron chi connectivity index (χ2n) is 7.36. The Balaban J connectivity index is 1.37. The Labute approximate surface area is 176 Å². The summed E-state index contributed by atoms with van der Waals surface area (Å²) in [6.07, 6.45) is 3.04. The van der Waals surface area contributed by atoms with Crippen LogP contribution in [0.1, 0.15) is 16.1 Å². The largest absolute Gasteiger partial charge is 0.336 e. The summed E-state index contributed by atoms with van der Waals surface area (Å²) in [5.41, 5.74) is 0.894. The first-order valence-electron chi connectivity index (χ1n) is 9.57. The highest BCUT2D eigenvalue weighted by Gasteiger charge is 2.41. The SMILES string of the molecule is Cc1c(C(=O)N2CC(S(=O)(=O)c3ccccc3)C2)cnn1-c1nn2cccc2c(=O)[nH]1. The molecule has 0 spiro atoms. The molecule has 1 fully saturated rings. The summed E-state index contributed by atoms with van der Waals surface area (Å²) in [6.45, 7) is 1.92. The van der Waals surface area contributed by atoms with Gasteiger partial charge in [-0.15, -0.1) is 5.10 Å². The van der Waals surface area contributed by atoms with E-state index in [1.165, 1.54) is 20.3 Å². The Bertz CT molecular complexity index is 1460. The summed E-state index contributed by atoms with van der Waals surface area (Å²) in [6, 6.07) is 11.6. The van der Waals surface area contributed by atoms with Crippen molar-refractivity contribution in [1.29, 1.82) is 0 Å². The highest BCUT2D eigenvalue weighted by Crippen LogP contribution is 2.25. The third-order valence-corrected chi connectivity index (χ3v) is 7.58. The highest BCUT2D eigenvalue weighted by atomic mass is 32.2. The van der Waals surface area contributed by atoms with Crippen molar-refractivity contribution in [3.63, 3.8) is 0 Å². The Hall–Kier alpha value is -3.73. The smallest absolute Gasteiger partial charge is 0.276 e. The first kappa shape index (κ1) is 19.2. The van der Waals surface area contributed by atoms with Crippen molar-refractivity contribution in [3.8, 4) is 5.95 Å². The van der Waals surface area contributed by atoms with Gasteiger partial charge in [-0.1, -0.05) is 18.2 Å². The van der Waals surface area contributed by atoms with Gasteiger partial charge in [0.15, 0.2) is 9.84 Å². The minimum Gasteiger partial charge on any atom is -0.336 e. The molecule has 0 unspecified atom stereocenters. The van der Waals surface area contributed by atoms with Gasteiger partial charge >= 0.3 is 0 Å². The van der Waals surface area contributed by atoms with Crippen molar-refractivity contribution in [2.45, 2.75) is 17.1 Å². The van der Waals surface area contributed by atoms with Gasteiger partial charge in [-0.2, -0.15) is 5.10 Å². The fraction of sp³-hybridized carbons (Fsp3) is 0.200. The maximum absolute atomic E-state index is 12.9. The lowest BCUT2D eigenvalue weighted by atomic mass is 10.1. The molecule has 31 heavy (non-hydrogen) atoms. The molecule has 4 aromatic rings. The van der Waals surface area contributed by atoms with Crippen LogP contribution in [-0.4, -0.2) is 61.9 Å². The summed E-state index contributed by atoms with van der Waals surface area (Å²) >= 11 is 0. The van der Waals surface area contributed by atoms with E-state index >= 15 is 0 Å². The van der Waals surface area contributed by atoms with Crippen molar-refractivity contribution >= 4 is 21.3 Å². The topological polar surface area (TPSA) is 122 Å². The fourth-order valence-electron chi connectivity index (χ4n) is 3.63. The number of H-pyrrole nitrogens is 1. The average molecular weight is 438 g/mol. The van der Waals surface area contributed by atoms with E-state index in [2.05, 4.69) is 15.2 Å². The second-order valence-corrected chi connectivity index (χ2v) is 9.59. The number of nitrogens with one attached hydrogen (secondary N) is 1. The molecule has 0 radical (unpaired) electrons. The maximum Gasteiger partial charge on any atom is 0.276 e. The third-order valence-electron chi connectivity index (χ3n) is 5.48. The summed E-state index contributed by atoms with van der Waals surface area (Å²) in [5.74, 6) is -0.133. The Kier molecular flexibility index (Phi) is 4.29. The van der Waals surface area contributed by atoms with Crippen LogP contribution in [0.2, 0.25) is 0 Å². The van der Waals surface area contributed by atoms with Gasteiger partial charge in [0.05, 0.1) is 22.3 Å². The number of aromatic nitrogens is 5. The zero-order valence-corrected chi connectivity index (χ0v) is 17.3. The van der Waals surface area contributed by atoms with Crippen LogP contribution in [0.25, 0.3) is 11.5 Å². The van der Waals surface area contributed by atoms with Crippen LogP contribution in [0.4, 0.5) is 0 Å². The Morgan fingerprint density at radius 1 is 1.13 bits per heavy atom. The third kappa shape index (κ3) is 3.05. The predicted molar refractivity (Wildman–Crippen MR) is 111 cm³/mol. The Morgan fingerprint density at radius 3 is 2.61 bits per heavy atom. The van der Waals surface area contributed by atoms with E-state index in [0.717, 1.165) is 0 Å². The molecule has 11 heteroatoms. The quantitative estimate of drug-likeness (QED) is 0.503. The first-order valence-corrected chi connectivity index (χ1v) is 11.1. The highest BCUT2D eigenvalue weighted by molar-refractivity contribution is 7.92. The minimum atomic E-state index is -3.49. The second kappa shape index (κ2) is 6.91. The number of fused-ring (bicyclic) bond motifs is 1. The fourth-order valence-corrected chi connectivity index (χ4v) is 5.31.